The van der Waals surface area contributed by atoms with E-state index in [1.807, 2.05) is 0 Å². The summed E-state index contributed by atoms with van der Waals surface area (Å²) in [6.07, 6.45) is 25.8. The van der Waals surface area contributed by atoms with Crippen LogP contribution in [0.2, 0.25) is 0 Å². The maximum atomic E-state index is 12.1. The molecule has 0 aliphatic heterocycles. The molecule has 0 N–H and O–H groups in total. The Bertz CT molecular complexity index is 751. The first-order valence-electron chi connectivity index (χ1n) is 14.6. The lowest BCUT2D eigenvalue weighted by atomic mass is 10.0. The SMILES string of the molecule is CCCCCCCCCCCCCCCCCCCCCCOC(=O)c1cc([N+](=O)[O-])cc([N+](=O)[O-])c1. The normalized spacial score (nSPS) is 10.9. The van der Waals surface area contributed by atoms with Crippen molar-refractivity contribution in [2.24, 2.45) is 0 Å². The van der Waals surface area contributed by atoms with E-state index in [1.165, 1.54) is 109 Å². The van der Waals surface area contributed by atoms with Crippen LogP contribution >= 0.6 is 0 Å². The van der Waals surface area contributed by atoms with E-state index in [9.17, 15) is 25.0 Å². The predicted octanol–water partition coefficient (Wildman–Crippen LogP) is 9.48. The van der Waals surface area contributed by atoms with Crippen molar-refractivity contribution in [3.63, 3.8) is 0 Å². The second-order valence-corrected chi connectivity index (χ2v) is 10.1. The summed E-state index contributed by atoms with van der Waals surface area (Å²) >= 11 is 0. The fraction of sp³-hybridized carbons (Fsp3) is 0.759. The van der Waals surface area contributed by atoms with Gasteiger partial charge in [0.2, 0.25) is 0 Å². The molecule has 0 heterocycles. The number of nitro groups is 2. The van der Waals surface area contributed by atoms with Crippen LogP contribution in [-0.2, 0) is 4.74 Å². The zero-order valence-corrected chi connectivity index (χ0v) is 22.9. The number of nitrogens with zero attached hydrogens (tertiary/aromatic N) is 2. The number of nitro benzene ring substituents is 2. The molecule has 0 amide bonds. The van der Waals surface area contributed by atoms with Crippen LogP contribution in [0.3, 0.4) is 0 Å². The van der Waals surface area contributed by atoms with Gasteiger partial charge in [-0.25, -0.2) is 4.79 Å². The number of hydrogen-bond acceptors (Lipinski definition) is 6. The van der Waals surface area contributed by atoms with Crippen molar-refractivity contribution < 1.29 is 19.4 Å². The molecular formula is C29H48N2O6. The van der Waals surface area contributed by atoms with E-state index in [-0.39, 0.29) is 12.2 Å². The Balaban J connectivity index is 1.93. The molecule has 0 aromatic heterocycles. The maximum absolute atomic E-state index is 12.1. The summed E-state index contributed by atoms with van der Waals surface area (Å²) in [5, 5.41) is 21.9. The molecule has 37 heavy (non-hydrogen) atoms. The molecule has 0 bridgehead atoms. The van der Waals surface area contributed by atoms with Crippen LogP contribution < -0.4 is 0 Å². The monoisotopic (exact) mass is 520 g/mol. The lowest BCUT2D eigenvalue weighted by Gasteiger charge is -2.06. The van der Waals surface area contributed by atoms with Crippen LogP contribution in [0.1, 0.15) is 146 Å². The van der Waals surface area contributed by atoms with Gasteiger partial charge in [0.25, 0.3) is 11.4 Å². The summed E-state index contributed by atoms with van der Waals surface area (Å²) in [5.74, 6) is -0.774. The Morgan fingerprint density at radius 1 is 0.595 bits per heavy atom. The minimum Gasteiger partial charge on any atom is -0.462 e. The van der Waals surface area contributed by atoms with Gasteiger partial charge in [-0.15, -0.1) is 0 Å². The van der Waals surface area contributed by atoms with Crippen molar-refractivity contribution in [3.8, 4) is 0 Å². The Morgan fingerprint density at radius 2 is 0.919 bits per heavy atom. The van der Waals surface area contributed by atoms with Gasteiger partial charge in [-0.3, -0.25) is 20.2 Å². The first-order chi connectivity index (χ1) is 18.0. The molecule has 0 aliphatic rings. The van der Waals surface area contributed by atoms with Crippen molar-refractivity contribution in [2.75, 3.05) is 6.61 Å². The van der Waals surface area contributed by atoms with E-state index in [2.05, 4.69) is 6.92 Å². The Hall–Kier alpha value is -2.51. The third-order valence-corrected chi connectivity index (χ3v) is 6.79. The zero-order chi connectivity index (χ0) is 27.1. The average molecular weight is 521 g/mol. The van der Waals surface area contributed by atoms with Gasteiger partial charge < -0.3 is 4.74 Å². The second kappa shape index (κ2) is 21.6. The molecule has 1 aromatic rings. The van der Waals surface area contributed by atoms with Gasteiger partial charge in [0.05, 0.1) is 28.1 Å². The van der Waals surface area contributed by atoms with E-state index < -0.39 is 27.2 Å². The average Bonchev–Trinajstić information content (AvgIpc) is 2.89. The van der Waals surface area contributed by atoms with Crippen LogP contribution in [0.4, 0.5) is 11.4 Å². The standard InChI is InChI=1S/C29H48N2O6/c1-2-3-4-5-6-7-8-9-10-11-12-13-14-15-16-17-18-19-20-21-22-37-29(32)26-23-27(30(33)34)25-28(24-26)31(35)36/h23-25H,2-22H2,1H3. The summed E-state index contributed by atoms with van der Waals surface area (Å²) in [6.45, 7) is 2.47. The van der Waals surface area contributed by atoms with E-state index >= 15 is 0 Å². The highest BCUT2D eigenvalue weighted by atomic mass is 16.6. The molecule has 8 heteroatoms. The molecule has 0 aliphatic carbocycles. The summed E-state index contributed by atoms with van der Waals surface area (Å²) in [6, 6.07) is 2.84. The topological polar surface area (TPSA) is 113 Å². The Kier molecular flexibility index (Phi) is 19.0. The molecule has 0 spiro atoms. The number of carbonyl (C=O) groups excluding carboxylic acids is 1. The van der Waals surface area contributed by atoms with Gasteiger partial charge in [0.15, 0.2) is 0 Å². The Labute approximate surface area is 222 Å². The first kappa shape index (κ1) is 32.5. The van der Waals surface area contributed by atoms with Crippen LogP contribution in [0.25, 0.3) is 0 Å². The van der Waals surface area contributed by atoms with E-state index in [0.717, 1.165) is 31.0 Å². The van der Waals surface area contributed by atoms with E-state index in [4.69, 9.17) is 4.74 Å². The van der Waals surface area contributed by atoms with Crippen molar-refractivity contribution >= 4 is 17.3 Å². The first-order valence-corrected chi connectivity index (χ1v) is 14.6. The molecule has 0 saturated heterocycles. The van der Waals surface area contributed by atoms with Crippen molar-refractivity contribution in [2.45, 2.75) is 135 Å². The zero-order valence-electron chi connectivity index (χ0n) is 22.9. The molecule has 0 saturated carbocycles. The van der Waals surface area contributed by atoms with Crippen molar-refractivity contribution in [1.29, 1.82) is 0 Å². The molecule has 0 atom stereocenters. The lowest BCUT2D eigenvalue weighted by Crippen LogP contribution is -2.08. The third kappa shape index (κ3) is 16.8. The van der Waals surface area contributed by atoms with Crippen LogP contribution in [0.15, 0.2) is 18.2 Å². The van der Waals surface area contributed by atoms with Crippen LogP contribution in [-0.4, -0.2) is 22.4 Å². The van der Waals surface area contributed by atoms with Crippen molar-refractivity contribution in [3.05, 3.63) is 44.0 Å². The quantitative estimate of drug-likeness (QED) is 0.0580. The molecule has 1 aromatic carbocycles. The molecular weight excluding hydrogens is 472 g/mol. The van der Waals surface area contributed by atoms with Gasteiger partial charge in [-0.1, -0.05) is 129 Å². The van der Waals surface area contributed by atoms with Crippen molar-refractivity contribution in [1.82, 2.24) is 0 Å². The van der Waals surface area contributed by atoms with Crippen LogP contribution in [0.5, 0.6) is 0 Å². The number of rotatable bonds is 24. The van der Waals surface area contributed by atoms with Crippen LogP contribution in [0, 0.1) is 20.2 Å². The molecule has 1 rings (SSSR count). The summed E-state index contributed by atoms with van der Waals surface area (Å²) in [7, 11) is 0. The smallest absolute Gasteiger partial charge is 0.338 e. The summed E-state index contributed by atoms with van der Waals surface area (Å²) in [5.41, 5.74) is -1.17. The summed E-state index contributed by atoms with van der Waals surface area (Å²) in [4.78, 5) is 32.5. The maximum Gasteiger partial charge on any atom is 0.338 e. The van der Waals surface area contributed by atoms with Gasteiger partial charge in [-0.05, 0) is 6.42 Å². The largest absolute Gasteiger partial charge is 0.462 e. The fourth-order valence-corrected chi connectivity index (χ4v) is 4.53. The molecule has 0 fully saturated rings. The third-order valence-electron chi connectivity index (χ3n) is 6.79. The number of esters is 1. The van der Waals surface area contributed by atoms with E-state index in [1.54, 1.807) is 0 Å². The molecule has 210 valence electrons. The highest BCUT2D eigenvalue weighted by Crippen LogP contribution is 2.23. The second-order valence-electron chi connectivity index (χ2n) is 10.1. The van der Waals surface area contributed by atoms with Gasteiger partial charge in [0.1, 0.15) is 0 Å². The van der Waals surface area contributed by atoms with Gasteiger partial charge in [-0.2, -0.15) is 0 Å². The minimum absolute atomic E-state index is 0.172. The van der Waals surface area contributed by atoms with Gasteiger partial charge in [0, 0.05) is 12.1 Å². The molecule has 0 unspecified atom stereocenters. The summed E-state index contributed by atoms with van der Waals surface area (Å²) < 4.78 is 5.15. The number of benzene rings is 1. The van der Waals surface area contributed by atoms with E-state index in [0.29, 0.717) is 6.42 Å². The highest BCUT2D eigenvalue weighted by Gasteiger charge is 2.20. The number of unbranched alkanes of at least 4 members (excludes halogenated alkanes) is 19. The number of carbonyl (C=O) groups is 1. The highest BCUT2D eigenvalue weighted by molar-refractivity contribution is 5.91. The number of non-ortho nitro benzene ring substituents is 2. The minimum atomic E-state index is -0.774. The van der Waals surface area contributed by atoms with Gasteiger partial charge >= 0.3 is 5.97 Å². The Morgan fingerprint density at radius 3 is 1.24 bits per heavy atom. The molecule has 0 radical (unpaired) electrons. The number of hydrogen-bond donors (Lipinski definition) is 0. The lowest BCUT2D eigenvalue weighted by molar-refractivity contribution is -0.394. The predicted molar refractivity (Wildman–Crippen MR) is 148 cm³/mol. The fourth-order valence-electron chi connectivity index (χ4n) is 4.53. The number of ether oxygens (including phenoxy) is 1. The molecule has 8 nitrogen and oxygen atoms in total.